The molecule has 4 rings (SSSR count). The lowest BCUT2D eigenvalue weighted by molar-refractivity contribution is 0.0600. The summed E-state index contributed by atoms with van der Waals surface area (Å²) in [6.45, 7) is 4.44. The van der Waals surface area contributed by atoms with E-state index in [9.17, 15) is 9.59 Å². The second-order valence-corrected chi connectivity index (χ2v) is 6.59. The maximum absolute atomic E-state index is 13.1. The van der Waals surface area contributed by atoms with E-state index in [-0.39, 0.29) is 11.6 Å². The zero-order chi connectivity index (χ0) is 21.3. The number of carbonyl (C=O) groups excluding carboxylic acids is 2. The molecule has 30 heavy (non-hydrogen) atoms. The Kier molecular flexibility index (Phi) is 5.01. The van der Waals surface area contributed by atoms with Gasteiger partial charge in [-0.1, -0.05) is 11.2 Å². The van der Waals surface area contributed by atoms with Crippen molar-refractivity contribution >= 4 is 28.7 Å². The van der Waals surface area contributed by atoms with Crippen molar-refractivity contribution in [1.29, 1.82) is 0 Å². The normalized spacial score (nSPS) is 10.9. The first-order valence-electron chi connectivity index (χ1n) is 9.30. The van der Waals surface area contributed by atoms with Crippen molar-refractivity contribution in [2.45, 2.75) is 20.4 Å². The number of amides is 1. The molecule has 152 valence electrons. The Morgan fingerprint density at radius 2 is 2.03 bits per heavy atom. The Hall–Kier alpha value is -4.01. The molecule has 3 aromatic heterocycles. The third-order valence-electron chi connectivity index (χ3n) is 4.63. The number of aryl methyl sites for hydroxylation is 2. The van der Waals surface area contributed by atoms with Gasteiger partial charge in [0.05, 0.1) is 35.0 Å². The average Bonchev–Trinajstić information content (AvgIpc) is 3.39. The van der Waals surface area contributed by atoms with E-state index in [0.717, 1.165) is 0 Å². The molecule has 0 atom stereocenters. The number of nitrogens with zero attached hydrogens (tertiary/aromatic N) is 4. The van der Waals surface area contributed by atoms with Crippen molar-refractivity contribution in [2.24, 2.45) is 0 Å². The smallest absolute Gasteiger partial charge is 0.337 e. The van der Waals surface area contributed by atoms with Crippen LogP contribution in [0.25, 0.3) is 22.5 Å². The highest BCUT2D eigenvalue weighted by Gasteiger charge is 2.20. The monoisotopic (exact) mass is 405 g/mol. The number of carbonyl (C=O) groups is 2. The van der Waals surface area contributed by atoms with Crippen LogP contribution in [0.2, 0.25) is 0 Å². The molecule has 1 aromatic carbocycles. The Morgan fingerprint density at radius 3 is 2.77 bits per heavy atom. The maximum Gasteiger partial charge on any atom is 0.337 e. The minimum Gasteiger partial charge on any atom is -0.465 e. The minimum atomic E-state index is -0.485. The molecule has 1 amide bonds. The van der Waals surface area contributed by atoms with Gasteiger partial charge in [-0.15, -0.1) is 0 Å². The first-order chi connectivity index (χ1) is 14.5. The molecule has 0 aliphatic carbocycles. The number of nitrogens with one attached hydrogen (secondary N) is 1. The van der Waals surface area contributed by atoms with Gasteiger partial charge in [0.25, 0.3) is 11.6 Å². The van der Waals surface area contributed by atoms with E-state index in [2.05, 4.69) is 20.6 Å². The zero-order valence-corrected chi connectivity index (χ0v) is 16.7. The molecule has 0 spiro atoms. The topological polar surface area (TPSA) is 112 Å². The number of hydrogen-bond donors (Lipinski definition) is 1. The van der Waals surface area contributed by atoms with Crippen LogP contribution in [0.3, 0.4) is 0 Å². The predicted octanol–water partition coefficient (Wildman–Crippen LogP) is 3.45. The van der Waals surface area contributed by atoms with Gasteiger partial charge in [0.15, 0.2) is 0 Å². The van der Waals surface area contributed by atoms with E-state index >= 15 is 0 Å². The molecule has 0 fully saturated rings. The summed E-state index contributed by atoms with van der Waals surface area (Å²) < 4.78 is 11.8. The molecule has 0 aliphatic rings. The van der Waals surface area contributed by atoms with E-state index in [1.165, 1.54) is 7.11 Å². The van der Waals surface area contributed by atoms with Crippen LogP contribution in [0.5, 0.6) is 0 Å². The highest BCUT2D eigenvalue weighted by atomic mass is 16.5. The lowest BCUT2D eigenvalue weighted by Crippen LogP contribution is -2.14. The van der Waals surface area contributed by atoms with Gasteiger partial charge in [-0.2, -0.15) is 5.10 Å². The number of ether oxygens (including phenoxy) is 1. The summed E-state index contributed by atoms with van der Waals surface area (Å²) in [6, 6.07) is 9.99. The molecule has 0 bridgehead atoms. The number of fused-ring (bicyclic) bond motifs is 1. The van der Waals surface area contributed by atoms with Crippen LogP contribution in [0.15, 0.2) is 47.1 Å². The Bertz CT molecular complexity index is 1260. The fraction of sp³-hybridized carbons (Fsp3) is 0.190. The summed E-state index contributed by atoms with van der Waals surface area (Å²) in [5.41, 5.74) is 3.07. The molecular weight excluding hydrogens is 386 g/mol. The van der Waals surface area contributed by atoms with Crippen molar-refractivity contribution in [1.82, 2.24) is 19.9 Å². The van der Waals surface area contributed by atoms with Crippen molar-refractivity contribution in [3.63, 3.8) is 0 Å². The second kappa shape index (κ2) is 7.78. The highest BCUT2D eigenvalue weighted by Crippen LogP contribution is 2.27. The number of esters is 1. The van der Waals surface area contributed by atoms with Crippen LogP contribution < -0.4 is 5.32 Å². The van der Waals surface area contributed by atoms with Crippen LogP contribution in [0.4, 0.5) is 5.69 Å². The van der Waals surface area contributed by atoms with Crippen LogP contribution in [0, 0.1) is 6.92 Å². The van der Waals surface area contributed by atoms with Crippen molar-refractivity contribution in [3.05, 3.63) is 59.4 Å². The average molecular weight is 405 g/mol. The molecule has 1 N–H and O–H groups in total. The number of hydrogen-bond acceptors (Lipinski definition) is 7. The van der Waals surface area contributed by atoms with Gasteiger partial charge >= 0.3 is 5.97 Å². The molecule has 0 radical (unpaired) electrons. The first-order valence-corrected chi connectivity index (χ1v) is 9.30. The molecule has 0 unspecified atom stereocenters. The van der Waals surface area contributed by atoms with Gasteiger partial charge < -0.3 is 14.6 Å². The summed E-state index contributed by atoms with van der Waals surface area (Å²) in [5.74, 6) is -0.868. The molecule has 4 aromatic rings. The zero-order valence-electron chi connectivity index (χ0n) is 16.7. The van der Waals surface area contributed by atoms with Crippen LogP contribution in [0.1, 0.15) is 33.3 Å². The summed E-state index contributed by atoms with van der Waals surface area (Å²) in [6.07, 6.45) is 1.84. The number of aromatic nitrogens is 4. The summed E-state index contributed by atoms with van der Waals surface area (Å²) in [7, 11) is 1.30. The number of benzene rings is 1. The van der Waals surface area contributed by atoms with Crippen molar-refractivity contribution in [2.75, 3.05) is 12.4 Å². The van der Waals surface area contributed by atoms with Crippen molar-refractivity contribution < 1.29 is 18.8 Å². The largest absolute Gasteiger partial charge is 0.465 e. The molecule has 9 nitrogen and oxygen atoms in total. The summed E-state index contributed by atoms with van der Waals surface area (Å²) in [5, 5.41) is 11.7. The van der Waals surface area contributed by atoms with E-state index in [0.29, 0.717) is 45.8 Å². The molecule has 0 saturated carbocycles. The number of methoxy groups -OCH3 is 1. The predicted molar refractivity (Wildman–Crippen MR) is 109 cm³/mol. The third kappa shape index (κ3) is 3.52. The number of rotatable bonds is 5. The lowest BCUT2D eigenvalue weighted by Gasteiger charge is -2.09. The van der Waals surface area contributed by atoms with Gasteiger partial charge in [-0.3, -0.25) is 9.48 Å². The van der Waals surface area contributed by atoms with Gasteiger partial charge in [-0.25, -0.2) is 9.78 Å². The van der Waals surface area contributed by atoms with E-state index in [1.807, 2.05) is 19.2 Å². The van der Waals surface area contributed by atoms with Crippen LogP contribution in [-0.2, 0) is 11.3 Å². The van der Waals surface area contributed by atoms with Gasteiger partial charge in [0.2, 0.25) is 0 Å². The molecular formula is C21H19N5O4. The molecule has 3 heterocycles. The van der Waals surface area contributed by atoms with Crippen molar-refractivity contribution in [3.8, 4) is 11.4 Å². The molecule has 0 aliphatic heterocycles. The standard InChI is InChI=1S/C21H19N5O4/c1-4-26-9-8-16(24-26)17-11-15(18-12(2)25-30-20(18)23-17)19(27)22-14-7-5-6-13(10-14)21(28)29-3/h5-11H,4H2,1-3H3,(H,22,27). The quantitative estimate of drug-likeness (QED) is 0.506. The van der Waals surface area contributed by atoms with Crippen LogP contribution >= 0.6 is 0 Å². The highest BCUT2D eigenvalue weighted by molar-refractivity contribution is 6.13. The minimum absolute atomic E-state index is 0.254. The fourth-order valence-electron chi connectivity index (χ4n) is 3.12. The second-order valence-electron chi connectivity index (χ2n) is 6.59. The fourth-order valence-corrected chi connectivity index (χ4v) is 3.12. The Balaban J connectivity index is 1.74. The van der Waals surface area contributed by atoms with Crippen LogP contribution in [-0.4, -0.2) is 38.9 Å². The summed E-state index contributed by atoms with van der Waals surface area (Å²) in [4.78, 5) is 29.4. The van der Waals surface area contributed by atoms with Gasteiger partial charge in [-0.05, 0) is 44.2 Å². The molecule has 0 saturated heterocycles. The van der Waals surface area contributed by atoms with E-state index in [4.69, 9.17) is 9.26 Å². The maximum atomic E-state index is 13.1. The SMILES string of the molecule is CCn1ccc(-c2cc(C(=O)Nc3cccc(C(=O)OC)c3)c3c(C)noc3n2)n1. The molecule has 9 heteroatoms. The lowest BCUT2D eigenvalue weighted by atomic mass is 10.1. The Morgan fingerprint density at radius 1 is 1.20 bits per heavy atom. The summed E-state index contributed by atoms with van der Waals surface area (Å²) >= 11 is 0. The first kappa shape index (κ1) is 19.3. The van der Waals surface area contributed by atoms with Gasteiger partial charge in [0, 0.05) is 18.4 Å². The number of pyridine rings is 1. The van der Waals surface area contributed by atoms with E-state index in [1.54, 1.807) is 41.9 Å². The van der Waals surface area contributed by atoms with Gasteiger partial charge in [0.1, 0.15) is 5.69 Å². The Labute approximate surface area is 171 Å². The number of anilines is 1. The third-order valence-corrected chi connectivity index (χ3v) is 4.63. The van der Waals surface area contributed by atoms with E-state index < -0.39 is 5.97 Å².